The van der Waals surface area contributed by atoms with E-state index >= 15 is 0 Å². The summed E-state index contributed by atoms with van der Waals surface area (Å²) in [5, 5.41) is 5.24. The summed E-state index contributed by atoms with van der Waals surface area (Å²) in [5.41, 5.74) is 15.7. The van der Waals surface area contributed by atoms with Crippen LogP contribution in [-0.4, -0.2) is 19.1 Å². The molecule has 12 aromatic rings. The van der Waals surface area contributed by atoms with Crippen LogP contribution < -0.4 is 0 Å². The first-order valence-electron chi connectivity index (χ1n) is 21.3. The maximum atomic E-state index is 5.23. The van der Waals surface area contributed by atoms with Gasteiger partial charge in [0, 0.05) is 87.3 Å². The standard InChI is InChI=1S/C56H40N4S2/c1-3-59-47-15-9-5-11-41(47)43-33-39(25-27-49(43)59)53-31-29-51(61-53)35-17-21-37(22-18-35)55-56(58-46-14-8-7-13-45(46)57-55)38-23-19-36(20-24-38)52-30-32-54(62-52)40-26-28-50-44(34-40)42-12-6-10-16-48(42)60(50)4-2/h5-34H,3-4H2,1-2H3. The third-order valence-electron chi connectivity index (χ3n) is 12.4. The number of hydrogen-bond donors (Lipinski definition) is 0. The minimum atomic E-state index is 0.882. The molecule has 0 aliphatic heterocycles. The van der Waals surface area contributed by atoms with Crippen LogP contribution in [-0.2, 0) is 13.1 Å². The minimum Gasteiger partial charge on any atom is -0.341 e. The molecule has 4 nitrogen and oxygen atoms in total. The summed E-state index contributed by atoms with van der Waals surface area (Å²) in [6.45, 7) is 6.34. The van der Waals surface area contributed by atoms with E-state index in [1.54, 1.807) is 0 Å². The van der Waals surface area contributed by atoms with Gasteiger partial charge in [0.15, 0.2) is 0 Å². The maximum absolute atomic E-state index is 5.23. The number of aromatic nitrogens is 4. The van der Waals surface area contributed by atoms with E-state index in [-0.39, 0.29) is 0 Å². The Morgan fingerprint density at radius 3 is 1.10 bits per heavy atom. The Hall–Kier alpha value is -7.12. The normalized spacial score (nSPS) is 11.8. The van der Waals surface area contributed by atoms with Gasteiger partial charge in [-0.2, -0.15) is 0 Å². The van der Waals surface area contributed by atoms with E-state index in [0.717, 1.165) is 46.6 Å². The fourth-order valence-electron chi connectivity index (χ4n) is 9.38. The Morgan fingerprint density at radius 2 is 0.677 bits per heavy atom. The second kappa shape index (κ2) is 14.8. The highest BCUT2D eigenvalue weighted by molar-refractivity contribution is 7.19. The predicted octanol–water partition coefficient (Wildman–Crippen LogP) is 16.0. The summed E-state index contributed by atoms with van der Waals surface area (Å²) in [4.78, 5) is 15.5. The van der Waals surface area contributed by atoms with Crippen LogP contribution in [0.5, 0.6) is 0 Å². The molecule has 5 heterocycles. The van der Waals surface area contributed by atoms with Gasteiger partial charge in [-0.3, -0.25) is 0 Å². The first kappa shape index (κ1) is 36.7. The smallest absolute Gasteiger partial charge is 0.0973 e. The van der Waals surface area contributed by atoms with Crippen molar-refractivity contribution in [3.05, 3.63) is 182 Å². The second-order valence-corrected chi connectivity index (χ2v) is 18.0. The highest BCUT2D eigenvalue weighted by atomic mass is 32.1. The van der Waals surface area contributed by atoms with Crippen molar-refractivity contribution in [1.29, 1.82) is 0 Å². The van der Waals surface area contributed by atoms with E-state index in [0.29, 0.717) is 0 Å². The number of nitrogens with zero attached hydrogens (tertiary/aromatic N) is 4. The van der Waals surface area contributed by atoms with Gasteiger partial charge in [-0.25, -0.2) is 9.97 Å². The summed E-state index contributed by atoms with van der Waals surface area (Å²) < 4.78 is 4.82. The first-order valence-corrected chi connectivity index (χ1v) is 23.0. The third-order valence-corrected chi connectivity index (χ3v) is 14.8. The van der Waals surface area contributed by atoms with Crippen LogP contribution in [0.25, 0.3) is 119 Å². The molecule has 0 unspecified atom stereocenters. The zero-order valence-corrected chi connectivity index (χ0v) is 36.0. The summed E-state index contributed by atoms with van der Waals surface area (Å²) in [7, 11) is 0. The molecule has 0 aliphatic rings. The maximum Gasteiger partial charge on any atom is 0.0973 e. The van der Waals surface area contributed by atoms with Gasteiger partial charge in [-0.15, -0.1) is 22.7 Å². The molecular weight excluding hydrogens is 793 g/mol. The lowest BCUT2D eigenvalue weighted by Crippen LogP contribution is -1.95. The van der Waals surface area contributed by atoms with Crippen LogP contribution in [0.4, 0.5) is 0 Å². The first-order chi connectivity index (χ1) is 30.6. The van der Waals surface area contributed by atoms with Crippen molar-refractivity contribution in [3.63, 3.8) is 0 Å². The third kappa shape index (κ3) is 6.01. The number of fused-ring (bicyclic) bond motifs is 7. The van der Waals surface area contributed by atoms with Gasteiger partial charge in [-0.1, -0.05) is 109 Å². The number of benzene rings is 7. The van der Waals surface area contributed by atoms with E-state index in [2.05, 4.69) is 181 Å². The summed E-state index contributed by atoms with van der Waals surface area (Å²) in [5.74, 6) is 0. The molecule has 0 bridgehead atoms. The van der Waals surface area contributed by atoms with Crippen LogP contribution in [0.15, 0.2) is 182 Å². The quantitative estimate of drug-likeness (QED) is 0.153. The molecule has 0 radical (unpaired) electrons. The Balaban J connectivity index is 0.843. The lowest BCUT2D eigenvalue weighted by atomic mass is 10.0. The molecule has 0 saturated heterocycles. The topological polar surface area (TPSA) is 35.6 Å². The SMILES string of the molecule is CCn1c2ccccc2c2cc(-c3ccc(-c4ccc(-c5nc6ccccc6nc5-c5ccc(-c6ccc(-c7ccc8c(c7)c7ccccc7n8CC)s6)cc5)cc4)s3)ccc21. The largest absolute Gasteiger partial charge is 0.341 e. The Labute approximate surface area is 367 Å². The van der Waals surface area contributed by atoms with Gasteiger partial charge in [-0.05, 0) is 109 Å². The number of rotatable bonds is 8. The molecule has 0 atom stereocenters. The van der Waals surface area contributed by atoms with Crippen molar-refractivity contribution in [1.82, 2.24) is 19.1 Å². The molecule has 0 saturated carbocycles. The fraction of sp³-hybridized carbons (Fsp3) is 0.0714. The summed E-state index contributed by atoms with van der Waals surface area (Å²) in [6, 6.07) is 66.1. The van der Waals surface area contributed by atoms with Gasteiger partial charge in [0.2, 0.25) is 0 Å². The molecular formula is C56H40N4S2. The molecule has 5 aromatic heterocycles. The van der Waals surface area contributed by atoms with Crippen molar-refractivity contribution < 1.29 is 0 Å². The fourth-order valence-corrected chi connectivity index (χ4v) is 11.4. The van der Waals surface area contributed by atoms with Crippen molar-refractivity contribution in [3.8, 4) is 64.3 Å². The Morgan fingerprint density at radius 1 is 0.339 bits per heavy atom. The van der Waals surface area contributed by atoms with Gasteiger partial charge in [0.25, 0.3) is 0 Å². The summed E-state index contributed by atoms with van der Waals surface area (Å²) in [6.07, 6.45) is 0. The Kier molecular flexibility index (Phi) is 8.77. The van der Waals surface area contributed by atoms with Gasteiger partial charge in [0.1, 0.15) is 0 Å². The molecule has 0 amide bonds. The molecule has 0 N–H and O–H groups in total. The van der Waals surface area contributed by atoms with Gasteiger partial charge < -0.3 is 9.13 Å². The van der Waals surface area contributed by atoms with Crippen LogP contribution in [0, 0.1) is 0 Å². The van der Waals surface area contributed by atoms with Crippen LogP contribution >= 0.6 is 22.7 Å². The average Bonchev–Trinajstić information content (AvgIpc) is 4.15. The van der Waals surface area contributed by atoms with E-state index < -0.39 is 0 Å². The number of para-hydroxylation sites is 4. The lowest BCUT2D eigenvalue weighted by Gasteiger charge is -2.12. The van der Waals surface area contributed by atoms with Crippen molar-refractivity contribution in [2.75, 3.05) is 0 Å². The van der Waals surface area contributed by atoms with Crippen LogP contribution in [0.3, 0.4) is 0 Å². The van der Waals surface area contributed by atoms with Crippen molar-refractivity contribution in [2.45, 2.75) is 26.9 Å². The summed E-state index contributed by atoms with van der Waals surface area (Å²) >= 11 is 3.67. The van der Waals surface area contributed by atoms with Crippen LogP contribution in [0.1, 0.15) is 13.8 Å². The number of thiophene rings is 2. The monoisotopic (exact) mass is 832 g/mol. The zero-order valence-electron chi connectivity index (χ0n) is 34.3. The number of aryl methyl sites for hydroxylation is 2. The molecule has 12 rings (SSSR count). The highest BCUT2D eigenvalue weighted by Gasteiger charge is 2.17. The molecule has 62 heavy (non-hydrogen) atoms. The molecule has 0 fully saturated rings. The van der Waals surface area contributed by atoms with E-state index in [4.69, 9.17) is 9.97 Å². The molecule has 0 spiro atoms. The zero-order chi connectivity index (χ0) is 41.3. The average molecular weight is 833 g/mol. The van der Waals surface area contributed by atoms with Crippen molar-refractivity contribution in [2.24, 2.45) is 0 Å². The highest BCUT2D eigenvalue weighted by Crippen LogP contribution is 2.41. The van der Waals surface area contributed by atoms with Gasteiger partial charge in [0.05, 0.1) is 22.4 Å². The van der Waals surface area contributed by atoms with E-state index in [9.17, 15) is 0 Å². The molecule has 6 heteroatoms. The molecule has 7 aromatic carbocycles. The van der Waals surface area contributed by atoms with E-state index in [1.807, 2.05) is 46.9 Å². The molecule has 296 valence electrons. The Bertz CT molecular complexity index is 3410. The van der Waals surface area contributed by atoms with E-state index in [1.165, 1.54) is 85.4 Å². The van der Waals surface area contributed by atoms with Crippen molar-refractivity contribution >= 4 is 77.3 Å². The second-order valence-electron chi connectivity index (χ2n) is 15.9. The predicted molar refractivity (Wildman–Crippen MR) is 265 cm³/mol. The minimum absolute atomic E-state index is 0.882. The lowest BCUT2D eigenvalue weighted by molar-refractivity contribution is 0.827. The van der Waals surface area contributed by atoms with Gasteiger partial charge >= 0.3 is 0 Å². The van der Waals surface area contributed by atoms with Crippen LogP contribution in [0.2, 0.25) is 0 Å². The molecule has 0 aliphatic carbocycles. The number of hydrogen-bond acceptors (Lipinski definition) is 4.